The smallest absolute Gasteiger partial charge is 0.307 e. The molecule has 1 aromatic heterocycles. The van der Waals surface area contributed by atoms with Gasteiger partial charge in [0.15, 0.2) is 0 Å². The molecule has 2 aromatic rings. The van der Waals surface area contributed by atoms with Crippen LogP contribution in [-0.4, -0.2) is 9.78 Å². The number of nitrogens with one attached hydrogen (secondary N) is 1. The van der Waals surface area contributed by atoms with Crippen LogP contribution in [0.15, 0.2) is 24.3 Å². The fourth-order valence-electron chi connectivity index (χ4n) is 2.12. The van der Waals surface area contributed by atoms with Crippen LogP contribution < -0.4 is 5.32 Å². The van der Waals surface area contributed by atoms with Gasteiger partial charge in [0.2, 0.25) is 0 Å². The Bertz CT molecular complexity index is 632. The summed E-state index contributed by atoms with van der Waals surface area (Å²) in [5.74, 6) is -0.895. The van der Waals surface area contributed by atoms with Crippen LogP contribution >= 0.6 is 0 Å². The van der Waals surface area contributed by atoms with Crippen LogP contribution in [0.3, 0.4) is 0 Å². The predicted octanol–water partition coefficient (Wildman–Crippen LogP) is 3.18. The van der Waals surface area contributed by atoms with Crippen LogP contribution in [0, 0.1) is 12.7 Å². The van der Waals surface area contributed by atoms with Gasteiger partial charge in [-0.15, -0.1) is 0 Å². The Hall–Kier alpha value is -1.89. The molecule has 1 aromatic carbocycles. The van der Waals surface area contributed by atoms with Crippen LogP contribution in [0.5, 0.6) is 0 Å². The summed E-state index contributed by atoms with van der Waals surface area (Å²) in [5, 5.41) is 7.07. The second kappa shape index (κ2) is 5.85. The molecule has 0 radical (unpaired) electrons. The summed E-state index contributed by atoms with van der Waals surface area (Å²) in [6.45, 7) is 2.22. The Balaban J connectivity index is 2.08. The van der Waals surface area contributed by atoms with E-state index in [9.17, 15) is 17.6 Å². The molecule has 0 amide bonds. The zero-order valence-electron chi connectivity index (χ0n) is 11.6. The second-order valence-electron chi connectivity index (χ2n) is 4.80. The second-order valence-corrected chi connectivity index (χ2v) is 4.80. The fourth-order valence-corrected chi connectivity index (χ4v) is 2.12. The molecule has 0 aliphatic rings. The van der Waals surface area contributed by atoms with Crippen molar-refractivity contribution in [3.63, 3.8) is 0 Å². The third-order valence-corrected chi connectivity index (χ3v) is 3.10. The van der Waals surface area contributed by atoms with Crippen LogP contribution in [-0.2, 0) is 26.3 Å². The van der Waals surface area contributed by atoms with Crippen molar-refractivity contribution in [3.05, 3.63) is 52.6 Å². The molecule has 0 aliphatic heterocycles. The summed E-state index contributed by atoms with van der Waals surface area (Å²) in [6, 6.07) is 4.55. The molecular weight excluding hydrogens is 286 g/mol. The minimum Gasteiger partial charge on any atom is -0.307 e. The zero-order valence-corrected chi connectivity index (χ0v) is 11.6. The van der Waals surface area contributed by atoms with Gasteiger partial charge in [-0.2, -0.15) is 18.3 Å². The molecule has 0 unspecified atom stereocenters. The summed E-state index contributed by atoms with van der Waals surface area (Å²) >= 11 is 0. The minimum atomic E-state index is -4.57. The van der Waals surface area contributed by atoms with E-state index in [1.165, 1.54) is 0 Å². The Labute approximate surface area is 119 Å². The van der Waals surface area contributed by atoms with Crippen molar-refractivity contribution in [3.8, 4) is 0 Å². The van der Waals surface area contributed by atoms with Crippen molar-refractivity contribution in [1.82, 2.24) is 15.1 Å². The maximum atomic E-state index is 13.0. The largest absolute Gasteiger partial charge is 0.416 e. The fraction of sp³-hybridized carbons (Fsp3) is 0.357. The number of nitrogens with zero attached hydrogens (tertiary/aromatic N) is 2. The molecule has 1 heterocycles. The van der Waals surface area contributed by atoms with Crippen LogP contribution in [0.2, 0.25) is 0 Å². The van der Waals surface area contributed by atoms with Crippen molar-refractivity contribution < 1.29 is 17.6 Å². The van der Waals surface area contributed by atoms with Crippen LogP contribution in [0.25, 0.3) is 0 Å². The van der Waals surface area contributed by atoms with E-state index in [2.05, 4.69) is 10.4 Å². The average molecular weight is 301 g/mol. The van der Waals surface area contributed by atoms with Gasteiger partial charge in [-0.1, -0.05) is 6.07 Å². The van der Waals surface area contributed by atoms with Crippen LogP contribution in [0.4, 0.5) is 17.6 Å². The number of aryl methyl sites for hydroxylation is 2. The molecular formula is C14H15F4N3. The molecule has 0 bridgehead atoms. The molecule has 114 valence electrons. The van der Waals surface area contributed by atoms with E-state index in [1.54, 1.807) is 11.7 Å². The molecule has 0 atom stereocenters. The molecule has 7 heteroatoms. The van der Waals surface area contributed by atoms with E-state index in [-0.39, 0.29) is 12.1 Å². The van der Waals surface area contributed by atoms with Gasteiger partial charge in [-0.25, -0.2) is 4.39 Å². The molecule has 0 spiro atoms. The highest BCUT2D eigenvalue weighted by molar-refractivity contribution is 5.30. The summed E-state index contributed by atoms with van der Waals surface area (Å²) in [4.78, 5) is 0. The lowest BCUT2D eigenvalue weighted by Gasteiger charge is -2.13. The minimum absolute atomic E-state index is 0.000644. The number of rotatable bonds is 4. The van der Waals surface area contributed by atoms with Crippen molar-refractivity contribution >= 4 is 0 Å². The van der Waals surface area contributed by atoms with Crippen molar-refractivity contribution in [1.29, 1.82) is 0 Å². The third-order valence-electron chi connectivity index (χ3n) is 3.10. The quantitative estimate of drug-likeness (QED) is 0.879. The van der Waals surface area contributed by atoms with Gasteiger partial charge in [-0.3, -0.25) is 4.68 Å². The Morgan fingerprint density at radius 2 is 1.90 bits per heavy atom. The monoisotopic (exact) mass is 301 g/mol. The summed E-state index contributed by atoms with van der Waals surface area (Å²) < 4.78 is 53.2. The molecule has 0 fully saturated rings. The number of aromatic nitrogens is 2. The Morgan fingerprint density at radius 1 is 1.19 bits per heavy atom. The van der Waals surface area contributed by atoms with Gasteiger partial charge in [0.25, 0.3) is 0 Å². The SMILES string of the molecule is Cc1cc(CNCc2ccc(F)cc2C(F)(F)F)n(C)n1. The first kappa shape index (κ1) is 15.5. The number of hydrogen-bond acceptors (Lipinski definition) is 2. The molecule has 2 rings (SSSR count). The first-order valence-corrected chi connectivity index (χ1v) is 6.33. The lowest BCUT2D eigenvalue weighted by Crippen LogP contribution is -2.19. The van der Waals surface area contributed by atoms with Gasteiger partial charge in [0, 0.05) is 20.1 Å². The molecule has 0 saturated carbocycles. The normalized spacial score (nSPS) is 11.9. The van der Waals surface area contributed by atoms with E-state index in [4.69, 9.17) is 0 Å². The average Bonchev–Trinajstić information content (AvgIpc) is 2.68. The maximum absolute atomic E-state index is 13.0. The lowest BCUT2D eigenvalue weighted by molar-refractivity contribution is -0.138. The first-order valence-electron chi connectivity index (χ1n) is 6.33. The Kier molecular flexibility index (Phi) is 4.32. The number of hydrogen-bond donors (Lipinski definition) is 1. The number of benzene rings is 1. The summed E-state index contributed by atoms with van der Waals surface area (Å²) in [5.41, 5.74) is 0.772. The van der Waals surface area contributed by atoms with Crippen molar-refractivity contribution in [2.24, 2.45) is 7.05 Å². The summed E-state index contributed by atoms with van der Waals surface area (Å²) in [6.07, 6.45) is -4.57. The third kappa shape index (κ3) is 3.81. The van der Waals surface area contributed by atoms with E-state index >= 15 is 0 Å². The van der Waals surface area contributed by atoms with Gasteiger partial charge in [-0.05, 0) is 30.7 Å². The standard InChI is InChI=1S/C14H15F4N3/c1-9-5-12(21(2)20-9)8-19-7-10-3-4-11(15)6-13(10)14(16,17)18/h3-6,19H,7-8H2,1-2H3. The molecule has 3 nitrogen and oxygen atoms in total. The van der Waals surface area contributed by atoms with Gasteiger partial charge in [0.05, 0.1) is 17.0 Å². The van der Waals surface area contributed by atoms with E-state index in [1.807, 2.05) is 13.0 Å². The van der Waals surface area contributed by atoms with Gasteiger partial charge in [0.1, 0.15) is 5.82 Å². The van der Waals surface area contributed by atoms with Gasteiger partial charge >= 0.3 is 6.18 Å². The van der Waals surface area contributed by atoms with E-state index in [0.717, 1.165) is 23.5 Å². The van der Waals surface area contributed by atoms with Crippen molar-refractivity contribution in [2.75, 3.05) is 0 Å². The van der Waals surface area contributed by atoms with Crippen molar-refractivity contribution in [2.45, 2.75) is 26.2 Å². The maximum Gasteiger partial charge on any atom is 0.416 e. The predicted molar refractivity (Wildman–Crippen MR) is 69.9 cm³/mol. The zero-order chi connectivity index (χ0) is 15.6. The molecule has 0 saturated heterocycles. The number of alkyl halides is 3. The highest BCUT2D eigenvalue weighted by Gasteiger charge is 2.33. The highest BCUT2D eigenvalue weighted by Crippen LogP contribution is 2.32. The highest BCUT2D eigenvalue weighted by atomic mass is 19.4. The lowest BCUT2D eigenvalue weighted by atomic mass is 10.1. The molecule has 21 heavy (non-hydrogen) atoms. The summed E-state index contributed by atoms with van der Waals surface area (Å²) in [7, 11) is 1.77. The van der Waals surface area contributed by atoms with E-state index < -0.39 is 17.6 Å². The number of halogens is 4. The van der Waals surface area contributed by atoms with Crippen LogP contribution in [0.1, 0.15) is 22.5 Å². The van der Waals surface area contributed by atoms with Gasteiger partial charge < -0.3 is 5.32 Å². The molecule has 0 aliphatic carbocycles. The topological polar surface area (TPSA) is 29.9 Å². The van der Waals surface area contributed by atoms with E-state index in [0.29, 0.717) is 12.6 Å². The Morgan fingerprint density at radius 3 is 2.48 bits per heavy atom. The first-order chi connectivity index (χ1) is 9.77. The molecule has 1 N–H and O–H groups in total.